The summed E-state index contributed by atoms with van der Waals surface area (Å²) < 4.78 is 11.4. The Bertz CT molecular complexity index is 599. The number of hydrogen-bond acceptors (Lipinski definition) is 3. The van der Waals surface area contributed by atoms with E-state index in [1.165, 1.54) is 0 Å². The van der Waals surface area contributed by atoms with E-state index in [-0.39, 0.29) is 6.03 Å². The van der Waals surface area contributed by atoms with Crippen molar-refractivity contribution in [3.8, 4) is 0 Å². The molecule has 0 unspecified atom stereocenters. The summed E-state index contributed by atoms with van der Waals surface area (Å²) >= 11 is 0. The molecule has 2 heterocycles. The molecule has 0 aliphatic carbocycles. The summed E-state index contributed by atoms with van der Waals surface area (Å²) in [4.78, 5) is 17.5. The molecular formula is C17H23N3O2S. The van der Waals surface area contributed by atoms with Crippen LogP contribution in [0.5, 0.6) is 0 Å². The minimum Gasteiger partial charge on any atom is -0.324 e. The van der Waals surface area contributed by atoms with Gasteiger partial charge in [0.05, 0.1) is 0 Å². The fraction of sp³-hybridized carbons (Fsp3) is 0.471. The monoisotopic (exact) mass is 333 g/mol. The number of likely N-dealkylation sites (tertiary alicyclic amines) is 1. The number of benzene rings is 1. The zero-order valence-electron chi connectivity index (χ0n) is 13.4. The summed E-state index contributed by atoms with van der Waals surface area (Å²) in [5.74, 6) is 0. The highest BCUT2D eigenvalue weighted by Gasteiger charge is 2.27. The average molecular weight is 333 g/mol. The number of carbonyl (C=O) groups is 1. The van der Waals surface area contributed by atoms with Crippen LogP contribution >= 0.6 is 0 Å². The van der Waals surface area contributed by atoms with Gasteiger partial charge in [-0.25, -0.2) is 4.79 Å². The van der Waals surface area contributed by atoms with Gasteiger partial charge in [-0.05, 0) is 37.1 Å². The smallest absolute Gasteiger partial charge is 0.321 e. The highest BCUT2D eigenvalue weighted by molar-refractivity contribution is 7.84. The molecule has 23 heavy (non-hydrogen) atoms. The Kier molecular flexibility index (Phi) is 5.13. The van der Waals surface area contributed by atoms with Crippen molar-refractivity contribution in [1.82, 2.24) is 9.80 Å². The lowest BCUT2D eigenvalue weighted by atomic mass is 10.0. The molecule has 124 valence electrons. The van der Waals surface area contributed by atoms with E-state index in [4.69, 9.17) is 0 Å². The number of amides is 2. The quantitative estimate of drug-likeness (QED) is 0.864. The van der Waals surface area contributed by atoms with Crippen LogP contribution in [0.4, 0.5) is 10.5 Å². The first kappa shape index (κ1) is 16.2. The molecule has 0 bridgehead atoms. The van der Waals surface area contributed by atoms with Gasteiger partial charge in [-0.2, -0.15) is 0 Å². The molecule has 2 aliphatic rings. The van der Waals surface area contributed by atoms with Crippen molar-refractivity contribution in [2.75, 3.05) is 37.8 Å². The largest absolute Gasteiger partial charge is 0.324 e. The molecule has 5 nitrogen and oxygen atoms in total. The van der Waals surface area contributed by atoms with Gasteiger partial charge in [0.1, 0.15) is 0 Å². The Morgan fingerprint density at radius 2 is 1.74 bits per heavy atom. The maximum atomic E-state index is 12.3. The van der Waals surface area contributed by atoms with Crippen LogP contribution in [0.15, 0.2) is 41.3 Å². The van der Waals surface area contributed by atoms with E-state index in [0.29, 0.717) is 6.04 Å². The van der Waals surface area contributed by atoms with Crippen LogP contribution in [0.2, 0.25) is 0 Å². The van der Waals surface area contributed by atoms with Crippen LogP contribution in [-0.2, 0) is 10.8 Å². The van der Waals surface area contributed by atoms with Crippen LogP contribution in [0.3, 0.4) is 0 Å². The summed E-state index contributed by atoms with van der Waals surface area (Å²) in [6.45, 7) is 3.68. The van der Waals surface area contributed by atoms with Crippen LogP contribution in [0.25, 0.3) is 0 Å². The van der Waals surface area contributed by atoms with E-state index in [2.05, 4.69) is 22.4 Å². The molecule has 1 saturated heterocycles. The van der Waals surface area contributed by atoms with Gasteiger partial charge in [0.2, 0.25) is 0 Å². The second-order valence-electron chi connectivity index (χ2n) is 6.05. The molecule has 3 rings (SSSR count). The first-order valence-electron chi connectivity index (χ1n) is 8.02. The predicted molar refractivity (Wildman–Crippen MR) is 93.1 cm³/mol. The number of urea groups is 1. The molecular weight excluding hydrogens is 310 g/mol. The lowest BCUT2D eigenvalue weighted by Crippen LogP contribution is -2.47. The summed E-state index contributed by atoms with van der Waals surface area (Å²) in [5.41, 5.74) is 0.745. The molecule has 1 atom stereocenters. The summed E-state index contributed by atoms with van der Waals surface area (Å²) in [7, 11) is -0.993. The van der Waals surface area contributed by atoms with Gasteiger partial charge in [-0.3, -0.25) is 9.11 Å². The Morgan fingerprint density at radius 3 is 2.30 bits per heavy atom. The topological polar surface area (TPSA) is 52.7 Å². The van der Waals surface area contributed by atoms with Crippen molar-refractivity contribution >= 4 is 22.5 Å². The summed E-state index contributed by atoms with van der Waals surface area (Å²) in [5, 5.41) is 2.92. The summed E-state index contributed by atoms with van der Waals surface area (Å²) in [6.07, 6.45) is 8.14. The van der Waals surface area contributed by atoms with Gasteiger partial charge in [0, 0.05) is 59.9 Å². The maximum Gasteiger partial charge on any atom is 0.321 e. The molecule has 0 aromatic heterocycles. The Morgan fingerprint density at radius 1 is 1.13 bits per heavy atom. The second kappa shape index (κ2) is 7.27. The van der Waals surface area contributed by atoms with Crippen LogP contribution in [-0.4, -0.2) is 58.5 Å². The average Bonchev–Trinajstić information content (AvgIpc) is 3.10. The van der Waals surface area contributed by atoms with Gasteiger partial charge in [-0.15, -0.1) is 0 Å². The van der Waals surface area contributed by atoms with Crippen molar-refractivity contribution in [2.24, 2.45) is 0 Å². The van der Waals surface area contributed by atoms with Gasteiger partial charge in [0.25, 0.3) is 0 Å². The minimum absolute atomic E-state index is 0.0478. The first-order chi connectivity index (χ1) is 11.1. The van der Waals surface area contributed by atoms with Crippen LogP contribution < -0.4 is 5.32 Å². The van der Waals surface area contributed by atoms with Gasteiger partial charge < -0.3 is 10.2 Å². The van der Waals surface area contributed by atoms with Crippen molar-refractivity contribution in [2.45, 2.75) is 23.8 Å². The fourth-order valence-electron chi connectivity index (χ4n) is 3.16. The third kappa shape index (κ3) is 4.00. The van der Waals surface area contributed by atoms with Gasteiger partial charge in [0.15, 0.2) is 0 Å². The third-order valence-corrected chi connectivity index (χ3v) is 5.49. The number of carbonyl (C=O) groups excluding carboxylic acids is 1. The zero-order valence-corrected chi connectivity index (χ0v) is 14.2. The standard InChI is InChI=1S/C17H23N3O2S/c1-23(22)16-6-4-14(5-7-16)18-17(21)20-12-8-15(9-13-20)19-10-2-3-11-19/h2-7,15H,8-13H2,1H3,(H,18,21)/t23-/m1/s1. The van der Waals surface area contributed by atoms with E-state index in [0.717, 1.165) is 49.6 Å². The fourth-order valence-corrected chi connectivity index (χ4v) is 3.68. The molecule has 6 heteroatoms. The molecule has 0 saturated carbocycles. The predicted octanol–water partition coefficient (Wildman–Crippen LogP) is 2.29. The Hall–Kier alpha value is -1.66. The number of nitrogens with one attached hydrogen (secondary N) is 1. The molecule has 1 N–H and O–H groups in total. The number of nitrogens with zero attached hydrogens (tertiary/aromatic N) is 2. The number of piperidine rings is 1. The van der Waals surface area contributed by atoms with Crippen LogP contribution in [0.1, 0.15) is 12.8 Å². The summed E-state index contributed by atoms with van der Waals surface area (Å²) in [6, 6.07) is 7.73. The SMILES string of the molecule is C[S@@](=O)c1ccc(NC(=O)N2CCC(N3CC=CC3)CC2)cc1. The molecule has 2 amide bonds. The van der Waals surface area contributed by atoms with E-state index < -0.39 is 10.8 Å². The van der Waals surface area contributed by atoms with E-state index in [1.54, 1.807) is 30.5 Å². The third-order valence-electron chi connectivity index (χ3n) is 4.55. The molecule has 1 aromatic rings. The van der Waals surface area contributed by atoms with Crippen molar-refractivity contribution < 1.29 is 9.00 Å². The number of anilines is 1. The maximum absolute atomic E-state index is 12.3. The van der Waals surface area contributed by atoms with Crippen molar-refractivity contribution in [1.29, 1.82) is 0 Å². The zero-order chi connectivity index (χ0) is 16.2. The molecule has 0 radical (unpaired) electrons. The molecule has 1 fully saturated rings. The Balaban J connectivity index is 1.50. The number of rotatable bonds is 3. The highest BCUT2D eigenvalue weighted by atomic mass is 32.2. The number of hydrogen-bond donors (Lipinski definition) is 1. The molecule has 1 aromatic carbocycles. The lowest BCUT2D eigenvalue weighted by Gasteiger charge is -2.36. The minimum atomic E-state index is -0.993. The normalized spacial score (nSPS) is 20.7. The van der Waals surface area contributed by atoms with E-state index in [9.17, 15) is 9.00 Å². The van der Waals surface area contributed by atoms with Crippen LogP contribution in [0, 0.1) is 0 Å². The Labute approximate surface area is 139 Å². The van der Waals surface area contributed by atoms with E-state index >= 15 is 0 Å². The van der Waals surface area contributed by atoms with Crippen molar-refractivity contribution in [3.63, 3.8) is 0 Å². The highest BCUT2D eigenvalue weighted by Crippen LogP contribution is 2.20. The van der Waals surface area contributed by atoms with Crippen molar-refractivity contribution in [3.05, 3.63) is 36.4 Å². The first-order valence-corrected chi connectivity index (χ1v) is 9.58. The van der Waals surface area contributed by atoms with E-state index in [1.807, 2.05) is 4.90 Å². The van der Waals surface area contributed by atoms with Gasteiger partial charge in [-0.1, -0.05) is 12.2 Å². The second-order valence-corrected chi connectivity index (χ2v) is 7.43. The molecule has 2 aliphatic heterocycles. The van der Waals surface area contributed by atoms with Gasteiger partial charge >= 0.3 is 6.03 Å². The molecule has 0 spiro atoms. The lowest BCUT2D eigenvalue weighted by molar-refractivity contribution is 0.144.